The Balaban J connectivity index is 2.07. The maximum atomic E-state index is 11.9. The zero-order valence-electron chi connectivity index (χ0n) is 11.8. The van der Waals surface area contributed by atoms with Crippen LogP contribution in [0.3, 0.4) is 0 Å². The number of fused-ring (bicyclic) bond motifs is 1. The van der Waals surface area contributed by atoms with Crippen LogP contribution >= 0.6 is 0 Å². The number of aryl methyl sites for hydroxylation is 1. The van der Waals surface area contributed by atoms with Crippen LogP contribution in [0.25, 0.3) is 10.9 Å². The fourth-order valence-electron chi connectivity index (χ4n) is 1.93. The Morgan fingerprint density at radius 3 is 2.90 bits per heavy atom. The second kappa shape index (κ2) is 6.32. The van der Waals surface area contributed by atoms with Gasteiger partial charge in [-0.2, -0.15) is 0 Å². The number of aromatic amines is 1. The van der Waals surface area contributed by atoms with Crippen LogP contribution in [0.2, 0.25) is 0 Å². The van der Waals surface area contributed by atoms with E-state index >= 15 is 0 Å². The maximum Gasteiger partial charge on any atom is 0.258 e. The van der Waals surface area contributed by atoms with E-state index in [2.05, 4.69) is 15.3 Å². The summed E-state index contributed by atoms with van der Waals surface area (Å²) < 4.78 is 0. The molecule has 0 radical (unpaired) electrons. The molecule has 1 atom stereocenters. The molecule has 1 aromatic heterocycles. The number of nitrogens with one attached hydrogen (secondary N) is 2. The van der Waals surface area contributed by atoms with Crippen LogP contribution in [-0.2, 0) is 11.2 Å². The first kappa shape index (κ1) is 14.2. The average Bonchev–Trinajstić information content (AvgIpc) is 2.45. The molecule has 20 heavy (non-hydrogen) atoms. The number of H-pyrrole nitrogens is 1. The van der Waals surface area contributed by atoms with Gasteiger partial charge in [0.25, 0.3) is 5.56 Å². The number of para-hydroxylation sites is 1. The molecule has 0 fully saturated rings. The van der Waals surface area contributed by atoms with Crippen molar-refractivity contribution in [3.05, 3.63) is 40.4 Å². The molecule has 5 nitrogen and oxygen atoms in total. The lowest BCUT2D eigenvalue weighted by Crippen LogP contribution is -2.32. The molecule has 5 heteroatoms. The first-order valence-electron chi connectivity index (χ1n) is 6.87. The Morgan fingerprint density at radius 2 is 2.15 bits per heavy atom. The minimum atomic E-state index is -0.159. The highest BCUT2D eigenvalue weighted by atomic mass is 16.1. The minimum absolute atomic E-state index is 0.0184. The number of carbonyl (C=O) groups is 1. The number of aromatic nitrogens is 2. The molecule has 106 valence electrons. The Labute approximate surface area is 117 Å². The first-order valence-corrected chi connectivity index (χ1v) is 6.87. The van der Waals surface area contributed by atoms with Crippen molar-refractivity contribution < 1.29 is 4.79 Å². The van der Waals surface area contributed by atoms with Crippen LogP contribution in [-0.4, -0.2) is 21.9 Å². The highest BCUT2D eigenvalue weighted by molar-refractivity contribution is 5.78. The summed E-state index contributed by atoms with van der Waals surface area (Å²) in [6, 6.07) is 7.35. The van der Waals surface area contributed by atoms with Crippen molar-refractivity contribution in [3.8, 4) is 0 Å². The summed E-state index contributed by atoms with van der Waals surface area (Å²) >= 11 is 0. The van der Waals surface area contributed by atoms with E-state index in [1.165, 1.54) is 0 Å². The molecule has 2 rings (SSSR count). The molecule has 0 bridgehead atoms. The van der Waals surface area contributed by atoms with Crippen LogP contribution in [0.1, 0.15) is 32.5 Å². The van der Waals surface area contributed by atoms with Crippen LogP contribution in [0.4, 0.5) is 0 Å². The molecule has 1 aromatic carbocycles. The molecular formula is C15H19N3O2. The number of amides is 1. The van der Waals surface area contributed by atoms with E-state index < -0.39 is 0 Å². The monoisotopic (exact) mass is 273 g/mol. The lowest BCUT2D eigenvalue weighted by Gasteiger charge is -2.10. The van der Waals surface area contributed by atoms with Gasteiger partial charge in [0.2, 0.25) is 5.91 Å². The molecule has 2 aromatic rings. The number of benzene rings is 1. The summed E-state index contributed by atoms with van der Waals surface area (Å²) in [6.07, 6.45) is 1.66. The predicted octanol–water partition coefficient (Wildman–Crippen LogP) is 1.77. The maximum absolute atomic E-state index is 11.9. The van der Waals surface area contributed by atoms with E-state index in [-0.39, 0.29) is 17.5 Å². The van der Waals surface area contributed by atoms with Crippen molar-refractivity contribution in [2.45, 2.75) is 39.2 Å². The molecule has 0 saturated heterocycles. The zero-order chi connectivity index (χ0) is 14.5. The Morgan fingerprint density at radius 1 is 1.40 bits per heavy atom. The fraction of sp³-hybridized carbons (Fsp3) is 0.400. The van der Waals surface area contributed by atoms with Crippen molar-refractivity contribution in [1.29, 1.82) is 0 Å². The predicted molar refractivity (Wildman–Crippen MR) is 78.6 cm³/mol. The zero-order valence-corrected chi connectivity index (χ0v) is 11.8. The number of carbonyl (C=O) groups excluding carboxylic acids is 1. The van der Waals surface area contributed by atoms with Crippen molar-refractivity contribution in [2.24, 2.45) is 0 Å². The average molecular weight is 273 g/mol. The third kappa shape index (κ3) is 3.44. The molecule has 0 saturated carbocycles. The molecule has 0 aliphatic carbocycles. The van der Waals surface area contributed by atoms with Gasteiger partial charge >= 0.3 is 0 Å². The van der Waals surface area contributed by atoms with Crippen molar-refractivity contribution in [3.63, 3.8) is 0 Å². The van der Waals surface area contributed by atoms with E-state index in [1.54, 1.807) is 18.2 Å². The fourth-order valence-corrected chi connectivity index (χ4v) is 1.93. The van der Waals surface area contributed by atoms with Crippen molar-refractivity contribution in [2.75, 3.05) is 0 Å². The topological polar surface area (TPSA) is 74.8 Å². The normalized spacial score (nSPS) is 12.3. The van der Waals surface area contributed by atoms with E-state index in [1.807, 2.05) is 19.9 Å². The number of hydrogen-bond donors (Lipinski definition) is 2. The molecule has 2 N–H and O–H groups in total. The second-order valence-corrected chi connectivity index (χ2v) is 4.91. The summed E-state index contributed by atoms with van der Waals surface area (Å²) in [5.41, 5.74) is 0.501. The lowest BCUT2D eigenvalue weighted by atomic mass is 10.2. The van der Waals surface area contributed by atoms with E-state index in [0.29, 0.717) is 29.6 Å². The van der Waals surface area contributed by atoms with Gasteiger partial charge in [-0.3, -0.25) is 9.59 Å². The van der Waals surface area contributed by atoms with Gasteiger partial charge < -0.3 is 10.3 Å². The largest absolute Gasteiger partial charge is 0.354 e. The molecular weight excluding hydrogens is 254 g/mol. The van der Waals surface area contributed by atoms with Gasteiger partial charge in [-0.1, -0.05) is 19.1 Å². The molecule has 0 aliphatic rings. The summed E-state index contributed by atoms with van der Waals surface area (Å²) in [5.74, 6) is 0.531. The van der Waals surface area contributed by atoms with Gasteiger partial charge in [-0.05, 0) is 25.5 Å². The summed E-state index contributed by atoms with van der Waals surface area (Å²) in [7, 11) is 0. The number of rotatable bonds is 5. The van der Waals surface area contributed by atoms with Crippen LogP contribution < -0.4 is 10.9 Å². The molecule has 0 spiro atoms. The highest BCUT2D eigenvalue weighted by Crippen LogP contribution is 2.06. The quantitative estimate of drug-likeness (QED) is 0.871. The Bertz CT molecular complexity index is 663. The van der Waals surface area contributed by atoms with Gasteiger partial charge in [0.1, 0.15) is 5.82 Å². The summed E-state index contributed by atoms with van der Waals surface area (Å²) in [4.78, 5) is 30.7. The van der Waals surface area contributed by atoms with Gasteiger partial charge in [-0.25, -0.2) is 4.98 Å². The van der Waals surface area contributed by atoms with Gasteiger partial charge in [0.15, 0.2) is 0 Å². The smallest absolute Gasteiger partial charge is 0.258 e. The summed E-state index contributed by atoms with van der Waals surface area (Å²) in [5, 5.41) is 3.46. The minimum Gasteiger partial charge on any atom is -0.354 e. The van der Waals surface area contributed by atoms with Crippen molar-refractivity contribution in [1.82, 2.24) is 15.3 Å². The molecule has 1 heterocycles. The third-order valence-corrected chi connectivity index (χ3v) is 3.27. The Kier molecular flexibility index (Phi) is 4.50. The van der Waals surface area contributed by atoms with Gasteiger partial charge in [-0.15, -0.1) is 0 Å². The molecule has 1 amide bonds. The standard InChI is InChI=1S/C15H19N3O2/c1-3-10(2)16-14(19)9-8-13-17-12-7-5-4-6-11(12)15(20)18-13/h4-7,10H,3,8-9H2,1-2H3,(H,16,19)(H,17,18,20). The number of hydrogen-bond acceptors (Lipinski definition) is 3. The first-order chi connectivity index (χ1) is 9.60. The third-order valence-electron chi connectivity index (χ3n) is 3.27. The lowest BCUT2D eigenvalue weighted by molar-refractivity contribution is -0.121. The SMILES string of the molecule is CCC(C)NC(=O)CCc1nc2ccccc2c(=O)[nH]1. The van der Waals surface area contributed by atoms with Crippen LogP contribution in [0.5, 0.6) is 0 Å². The van der Waals surface area contributed by atoms with Gasteiger partial charge in [0, 0.05) is 18.9 Å². The van der Waals surface area contributed by atoms with Gasteiger partial charge in [0.05, 0.1) is 10.9 Å². The second-order valence-electron chi connectivity index (χ2n) is 4.91. The molecule has 1 unspecified atom stereocenters. The van der Waals surface area contributed by atoms with E-state index in [9.17, 15) is 9.59 Å². The molecule has 0 aliphatic heterocycles. The summed E-state index contributed by atoms with van der Waals surface area (Å²) in [6.45, 7) is 3.99. The Hall–Kier alpha value is -2.17. The van der Waals surface area contributed by atoms with Crippen LogP contribution in [0.15, 0.2) is 29.1 Å². The van der Waals surface area contributed by atoms with Crippen LogP contribution in [0, 0.1) is 0 Å². The van der Waals surface area contributed by atoms with Crippen molar-refractivity contribution >= 4 is 16.8 Å². The highest BCUT2D eigenvalue weighted by Gasteiger charge is 2.08. The van der Waals surface area contributed by atoms with E-state index in [0.717, 1.165) is 6.42 Å². The number of nitrogens with zero attached hydrogens (tertiary/aromatic N) is 1. The van der Waals surface area contributed by atoms with E-state index in [4.69, 9.17) is 0 Å².